The van der Waals surface area contributed by atoms with Gasteiger partial charge in [0.05, 0.1) is 0 Å². The number of methoxy groups -OCH3 is 1. The van der Waals surface area contributed by atoms with E-state index in [1.54, 1.807) is 0 Å². The molecule has 0 radical (unpaired) electrons. The highest BCUT2D eigenvalue weighted by atomic mass is 16.6. The lowest BCUT2D eigenvalue weighted by atomic mass is 9.35. The summed E-state index contributed by atoms with van der Waals surface area (Å²) in [6, 6.07) is 5.14. The highest BCUT2D eigenvalue weighted by Gasteiger charge is 2.80. The van der Waals surface area contributed by atoms with Crippen LogP contribution >= 0.6 is 0 Å². The van der Waals surface area contributed by atoms with Gasteiger partial charge in [0, 0.05) is 42.1 Å². The van der Waals surface area contributed by atoms with E-state index in [9.17, 15) is 5.11 Å². The molecule has 3 saturated carbocycles. The van der Waals surface area contributed by atoms with E-state index in [2.05, 4.69) is 31.0 Å². The summed E-state index contributed by atoms with van der Waals surface area (Å²) in [6.45, 7) is 3.51. The van der Waals surface area contributed by atoms with E-state index in [1.807, 2.05) is 7.11 Å². The number of fused-ring (bicyclic) bond motifs is 2. The summed E-state index contributed by atoms with van der Waals surface area (Å²) in [5.74, 6) is 1.31. The van der Waals surface area contributed by atoms with E-state index in [-0.39, 0.29) is 35.1 Å². The monoisotopic (exact) mass is 355 g/mol. The number of piperidine rings is 1. The summed E-state index contributed by atoms with van der Waals surface area (Å²) < 4.78 is 13.1. The molecule has 2 spiro atoms. The largest absolute Gasteiger partial charge is 0.486 e. The van der Waals surface area contributed by atoms with Gasteiger partial charge in [0.1, 0.15) is 17.5 Å². The van der Waals surface area contributed by atoms with Crippen molar-refractivity contribution in [3.8, 4) is 5.75 Å². The molecule has 4 heteroatoms. The highest BCUT2D eigenvalue weighted by molar-refractivity contribution is 5.61. The second-order valence-corrected chi connectivity index (χ2v) is 9.56. The van der Waals surface area contributed by atoms with E-state index in [4.69, 9.17) is 9.47 Å². The molecule has 6 atom stereocenters. The summed E-state index contributed by atoms with van der Waals surface area (Å²) in [4.78, 5) is 2.60. The number of hydrogen-bond donors (Lipinski definition) is 1. The third kappa shape index (κ3) is 1.36. The molecule has 4 aliphatic carbocycles. The molecule has 140 valence electrons. The number of benzene rings is 1. The first-order valence-corrected chi connectivity index (χ1v) is 10.2. The number of likely N-dealkylation sites (N-methyl/N-ethyl adjacent to an activating group) is 1. The Hall–Kier alpha value is -1.10. The maximum Gasteiger partial charge on any atom is 0.138 e. The molecule has 0 aromatic heterocycles. The smallest absolute Gasteiger partial charge is 0.138 e. The van der Waals surface area contributed by atoms with Crippen molar-refractivity contribution >= 4 is 0 Å². The van der Waals surface area contributed by atoms with Crippen LogP contribution in [0.4, 0.5) is 0 Å². The van der Waals surface area contributed by atoms with Crippen molar-refractivity contribution in [2.75, 3.05) is 27.3 Å². The Balaban J connectivity index is 1.70. The molecule has 1 aromatic rings. The maximum atomic E-state index is 10.3. The van der Waals surface area contributed by atoms with Gasteiger partial charge in [0.2, 0.25) is 0 Å². The Kier molecular flexibility index (Phi) is 2.85. The summed E-state index contributed by atoms with van der Waals surface area (Å²) in [5.41, 5.74) is 4.20. The van der Waals surface area contributed by atoms with E-state index in [1.165, 1.54) is 23.1 Å². The van der Waals surface area contributed by atoms with Gasteiger partial charge in [-0.15, -0.1) is 0 Å². The van der Waals surface area contributed by atoms with E-state index in [0.717, 1.165) is 38.0 Å². The van der Waals surface area contributed by atoms with Crippen LogP contribution in [0.5, 0.6) is 5.75 Å². The Labute approximate surface area is 155 Å². The molecular formula is C22H29NO3. The van der Waals surface area contributed by atoms with Gasteiger partial charge >= 0.3 is 0 Å². The number of ether oxygens (including phenoxy) is 2. The van der Waals surface area contributed by atoms with Crippen molar-refractivity contribution < 1.29 is 14.6 Å². The fraction of sp³-hybridized carbons (Fsp3) is 0.727. The van der Waals surface area contributed by atoms with Crippen LogP contribution in [0.2, 0.25) is 0 Å². The Bertz CT molecular complexity index is 809. The van der Waals surface area contributed by atoms with E-state index in [0.29, 0.717) is 6.04 Å². The first-order chi connectivity index (χ1) is 12.5. The minimum atomic E-state index is -0.350. The average Bonchev–Trinajstić information content (AvgIpc) is 3.03. The molecule has 1 saturated heterocycles. The molecular weight excluding hydrogens is 326 g/mol. The normalized spacial score (nSPS) is 47.6. The molecule has 1 aromatic carbocycles. The number of rotatable bonds is 2. The number of aliphatic hydroxyl groups excluding tert-OH is 1. The SMILES string of the molecule is CO[C@]12CC[C@@]3(C[C@H]1CO)[C@H]1Cc4ccc(C)c5c4[C@@]3(CCN1C)C2O5. The third-order valence-corrected chi connectivity index (χ3v) is 9.21. The second-order valence-electron chi connectivity index (χ2n) is 9.56. The van der Waals surface area contributed by atoms with Gasteiger partial charge in [-0.05, 0) is 63.7 Å². The molecule has 6 aliphatic rings. The first kappa shape index (κ1) is 15.9. The van der Waals surface area contributed by atoms with Crippen LogP contribution in [0.1, 0.15) is 42.4 Å². The van der Waals surface area contributed by atoms with Crippen molar-refractivity contribution in [1.82, 2.24) is 4.90 Å². The molecule has 0 amide bonds. The van der Waals surface area contributed by atoms with Crippen molar-refractivity contribution in [3.05, 3.63) is 28.8 Å². The quantitative estimate of drug-likeness (QED) is 0.885. The number of nitrogens with zero attached hydrogens (tertiary/aromatic N) is 1. The van der Waals surface area contributed by atoms with E-state index >= 15 is 0 Å². The van der Waals surface area contributed by atoms with Gasteiger partial charge in [-0.2, -0.15) is 0 Å². The molecule has 1 unspecified atom stereocenters. The van der Waals surface area contributed by atoms with E-state index < -0.39 is 0 Å². The van der Waals surface area contributed by atoms with Crippen molar-refractivity contribution in [3.63, 3.8) is 0 Å². The van der Waals surface area contributed by atoms with Gasteiger partial charge in [-0.1, -0.05) is 12.1 Å². The van der Waals surface area contributed by atoms with Gasteiger partial charge < -0.3 is 19.5 Å². The zero-order valence-electron chi connectivity index (χ0n) is 16.0. The molecule has 4 nitrogen and oxygen atoms in total. The van der Waals surface area contributed by atoms with Gasteiger partial charge in [0.15, 0.2) is 0 Å². The Morgan fingerprint density at radius 3 is 2.92 bits per heavy atom. The van der Waals surface area contributed by atoms with Crippen LogP contribution in [0.25, 0.3) is 0 Å². The third-order valence-electron chi connectivity index (χ3n) is 9.21. The zero-order valence-corrected chi connectivity index (χ0v) is 16.0. The molecule has 1 N–H and O–H groups in total. The topological polar surface area (TPSA) is 41.9 Å². The van der Waals surface area contributed by atoms with Crippen LogP contribution < -0.4 is 4.74 Å². The lowest BCUT2D eigenvalue weighted by Gasteiger charge is -2.73. The summed E-state index contributed by atoms with van der Waals surface area (Å²) in [7, 11) is 4.14. The standard InChI is InChI=1S/C22H29NO3/c1-13-4-5-14-10-16-20-6-7-22(25-3,15(11-20)12-24)19-21(20,8-9-23(16)2)17(14)18(13)26-19/h4-5,15-16,19,24H,6-12H2,1-3H3/t15-,16+,19?,20+,21-,22+/m0/s1. The lowest BCUT2D eigenvalue weighted by molar-refractivity contribution is -0.279. The first-order valence-electron chi connectivity index (χ1n) is 10.2. The van der Waals surface area contributed by atoms with Crippen LogP contribution in [0, 0.1) is 18.3 Å². The van der Waals surface area contributed by atoms with Crippen molar-refractivity contribution in [2.45, 2.75) is 62.2 Å². The minimum absolute atomic E-state index is 0.0472. The van der Waals surface area contributed by atoms with Crippen LogP contribution in [0.3, 0.4) is 0 Å². The maximum absolute atomic E-state index is 10.3. The Morgan fingerprint density at radius 2 is 2.15 bits per heavy atom. The predicted octanol–water partition coefficient (Wildman–Crippen LogP) is 2.43. The summed E-state index contributed by atoms with van der Waals surface area (Å²) >= 11 is 0. The fourth-order valence-corrected chi connectivity index (χ4v) is 8.19. The molecule has 2 aliphatic heterocycles. The summed E-state index contributed by atoms with van der Waals surface area (Å²) in [6.07, 6.45) is 5.59. The molecule has 7 rings (SSSR count). The fourth-order valence-electron chi connectivity index (χ4n) is 8.19. The van der Waals surface area contributed by atoms with Gasteiger partial charge in [-0.25, -0.2) is 0 Å². The Morgan fingerprint density at radius 1 is 1.31 bits per heavy atom. The lowest BCUT2D eigenvalue weighted by Crippen LogP contribution is -2.81. The van der Waals surface area contributed by atoms with Crippen LogP contribution in [0.15, 0.2) is 12.1 Å². The number of hydrogen-bond acceptors (Lipinski definition) is 4. The van der Waals surface area contributed by atoms with Gasteiger partial charge in [0.25, 0.3) is 0 Å². The van der Waals surface area contributed by atoms with Crippen molar-refractivity contribution in [1.29, 1.82) is 0 Å². The second kappa shape index (κ2) is 4.65. The molecule has 4 fully saturated rings. The minimum Gasteiger partial charge on any atom is -0.486 e. The average molecular weight is 355 g/mol. The highest BCUT2D eigenvalue weighted by Crippen LogP contribution is 2.75. The van der Waals surface area contributed by atoms with Crippen LogP contribution in [-0.4, -0.2) is 55.1 Å². The van der Waals surface area contributed by atoms with Crippen LogP contribution in [-0.2, 0) is 16.6 Å². The predicted molar refractivity (Wildman–Crippen MR) is 98.6 cm³/mol. The number of aliphatic hydroxyl groups is 1. The zero-order chi connectivity index (χ0) is 17.9. The number of likely N-dealkylation sites (tertiary alicyclic amines) is 1. The molecule has 4 bridgehead atoms. The molecule has 2 heterocycles. The van der Waals surface area contributed by atoms with Crippen molar-refractivity contribution in [2.24, 2.45) is 11.3 Å². The number of aryl methyl sites for hydroxylation is 1. The molecule has 26 heavy (non-hydrogen) atoms. The van der Waals surface area contributed by atoms with Gasteiger partial charge in [-0.3, -0.25) is 0 Å². The summed E-state index contributed by atoms with van der Waals surface area (Å²) in [5, 5.41) is 10.3.